The highest BCUT2D eigenvalue weighted by Crippen LogP contribution is 2.40. The summed E-state index contributed by atoms with van der Waals surface area (Å²) in [6.45, 7) is 20.5. The molecule has 0 bridgehead atoms. The summed E-state index contributed by atoms with van der Waals surface area (Å²) in [6, 6.07) is -4.74. The third-order valence-corrected chi connectivity index (χ3v) is 16.4. The number of rotatable bonds is 17. The summed E-state index contributed by atoms with van der Waals surface area (Å²) in [5.41, 5.74) is -2.46. The zero-order valence-corrected chi connectivity index (χ0v) is 38.8. The number of ketones is 1. The van der Waals surface area contributed by atoms with Gasteiger partial charge in [0.15, 0.2) is 9.84 Å². The van der Waals surface area contributed by atoms with Crippen molar-refractivity contribution in [2.45, 2.75) is 187 Å². The Morgan fingerprint density at radius 3 is 1.95 bits per heavy atom. The Morgan fingerprint density at radius 1 is 0.850 bits per heavy atom. The maximum atomic E-state index is 14.9. The van der Waals surface area contributed by atoms with Gasteiger partial charge in [-0.1, -0.05) is 99.0 Å². The van der Waals surface area contributed by atoms with Crippen molar-refractivity contribution < 1.29 is 37.2 Å². The highest BCUT2D eigenvalue weighted by molar-refractivity contribution is 7.92. The van der Waals surface area contributed by atoms with Gasteiger partial charge < -0.3 is 31.5 Å². The molecule has 1 aliphatic heterocycles. The molecule has 4 rings (SSSR count). The van der Waals surface area contributed by atoms with Crippen molar-refractivity contribution in [3.63, 3.8) is 0 Å². The molecule has 1 heterocycles. The second-order valence-electron chi connectivity index (χ2n) is 21.1. The van der Waals surface area contributed by atoms with E-state index in [2.05, 4.69) is 33.2 Å². The molecule has 1 saturated heterocycles. The highest BCUT2D eigenvalue weighted by atomic mass is 32.2. The molecule has 14 nitrogen and oxygen atoms in total. The van der Waals surface area contributed by atoms with Crippen molar-refractivity contribution in [2.24, 2.45) is 28.6 Å². The molecule has 340 valence electrons. The van der Waals surface area contributed by atoms with Gasteiger partial charge in [0.05, 0.1) is 22.1 Å². The van der Waals surface area contributed by atoms with Crippen molar-refractivity contribution >= 4 is 45.3 Å². The van der Waals surface area contributed by atoms with Gasteiger partial charge in [-0.15, -0.1) is 6.58 Å². The monoisotopic (exact) mass is 861 g/mol. The van der Waals surface area contributed by atoms with Crippen LogP contribution in [0.5, 0.6) is 0 Å². The molecule has 3 saturated carbocycles. The van der Waals surface area contributed by atoms with Crippen LogP contribution in [-0.4, -0.2) is 102 Å². The quantitative estimate of drug-likeness (QED) is 0.0983. The summed E-state index contributed by atoms with van der Waals surface area (Å²) in [5, 5.41) is 14.5. The van der Waals surface area contributed by atoms with Gasteiger partial charge in [-0.3, -0.25) is 24.0 Å². The Kier molecular flexibility index (Phi) is 16.1. The fourth-order valence-corrected chi connectivity index (χ4v) is 10.7. The first-order valence-electron chi connectivity index (χ1n) is 22.5. The average Bonchev–Trinajstić information content (AvgIpc) is 3.86. The zero-order valence-electron chi connectivity index (χ0n) is 38.0. The average molecular weight is 861 g/mol. The lowest BCUT2D eigenvalue weighted by molar-refractivity contribution is -0.145. The Labute approximate surface area is 359 Å². The van der Waals surface area contributed by atoms with Gasteiger partial charge >= 0.3 is 6.03 Å². The topological polar surface area (TPSA) is 200 Å². The minimum absolute atomic E-state index is 0.0389. The van der Waals surface area contributed by atoms with E-state index >= 15 is 0 Å². The summed E-state index contributed by atoms with van der Waals surface area (Å²) < 4.78 is 26.0. The number of nitrogens with zero attached hydrogens (tertiary/aromatic N) is 1. The van der Waals surface area contributed by atoms with Crippen LogP contribution in [-0.2, 0) is 33.8 Å². The molecule has 5 atom stereocenters. The van der Waals surface area contributed by atoms with Gasteiger partial charge in [-0.25, -0.2) is 13.2 Å². The molecule has 0 radical (unpaired) electrons. The van der Waals surface area contributed by atoms with E-state index in [1.54, 1.807) is 20.8 Å². The van der Waals surface area contributed by atoms with Gasteiger partial charge in [0.1, 0.15) is 18.1 Å². The number of sulfone groups is 1. The second kappa shape index (κ2) is 19.7. The molecule has 4 aliphatic rings. The lowest BCUT2D eigenvalue weighted by atomic mass is 9.70. The van der Waals surface area contributed by atoms with Crippen LogP contribution in [0.1, 0.15) is 152 Å². The van der Waals surface area contributed by atoms with Gasteiger partial charge in [0.2, 0.25) is 23.5 Å². The van der Waals surface area contributed by atoms with E-state index in [-0.39, 0.29) is 36.6 Å². The van der Waals surface area contributed by atoms with Gasteiger partial charge in [0.25, 0.3) is 5.91 Å². The number of carbonyl (C=O) groups excluding carboxylic acids is 6. The molecule has 3 aliphatic carbocycles. The summed E-state index contributed by atoms with van der Waals surface area (Å²) >= 11 is 0. The molecule has 6 amide bonds. The van der Waals surface area contributed by atoms with E-state index in [0.717, 1.165) is 51.4 Å². The molecule has 15 heteroatoms. The normalized spacial score (nSPS) is 23.4. The molecular formula is C45H76N6O8S. The first-order valence-corrected chi connectivity index (χ1v) is 24.1. The molecule has 0 spiro atoms. The smallest absolute Gasteiger partial charge is 0.315 e. The minimum Gasteiger partial charge on any atom is -0.346 e. The zero-order chi connectivity index (χ0) is 44.8. The van der Waals surface area contributed by atoms with Crippen molar-refractivity contribution in [1.82, 2.24) is 31.5 Å². The van der Waals surface area contributed by atoms with Crippen LogP contribution in [0.15, 0.2) is 12.7 Å². The number of urea groups is 1. The maximum absolute atomic E-state index is 14.9. The summed E-state index contributed by atoms with van der Waals surface area (Å²) in [6.07, 6.45) is 11.5. The lowest BCUT2D eigenvalue weighted by Gasteiger charge is -2.43. The maximum Gasteiger partial charge on any atom is 0.315 e. The molecule has 1 unspecified atom stereocenters. The third-order valence-electron chi connectivity index (χ3n) is 13.6. The van der Waals surface area contributed by atoms with E-state index in [1.165, 1.54) is 11.0 Å². The van der Waals surface area contributed by atoms with Crippen molar-refractivity contribution in [2.75, 3.05) is 18.8 Å². The molecule has 5 N–H and O–H groups in total. The van der Waals surface area contributed by atoms with E-state index in [0.29, 0.717) is 38.5 Å². The SMILES string of the molecule is C=CCNC(=O)C(=O)C(CC1CC1)NC(=O)[C@@H]1C[C@@H](C(C)C)CN1C(=O)[C@@H](NC(=O)[C@@H](NC(=O)NC1(CS(=O)(=O)C(C)(C)C)CCCCC1)C1(C)CCCCC1)C(C)(C)C. The Morgan fingerprint density at radius 2 is 1.43 bits per heavy atom. The summed E-state index contributed by atoms with van der Waals surface area (Å²) in [5.74, 6) is -2.93. The van der Waals surface area contributed by atoms with E-state index in [1.807, 2.05) is 41.5 Å². The highest BCUT2D eigenvalue weighted by Gasteiger charge is 2.49. The minimum atomic E-state index is -3.60. The number of hydrogen-bond donors (Lipinski definition) is 5. The molecule has 0 aromatic heterocycles. The molecule has 60 heavy (non-hydrogen) atoms. The number of carbonyl (C=O) groups is 6. The number of Topliss-reactive ketones (excluding diaryl/α,β-unsaturated/α-hetero) is 1. The standard InChI is InChI=1S/C45H76N6O8S/c1-11-24-46-38(54)34(52)32(25-30-18-19-30)47-37(53)33-26-31(29(2)3)27-51(33)40(56)36(42(4,5)6)48-39(55)35(44(10)20-14-12-15-21-44)49-41(57)50-45(22-16-13-17-23-45)28-60(58,59)43(7,8)9/h11,29-33,35-36H,1,12-28H2,2-10H3,(H,46,54)(H,47,53)(H,48,55)(H2,49,50,57)/t31-,32?,33+,35-,36-/m1/s1. The third kappa shape index (κ3) is 12.6. The van der Waals surface area contributed by atoms with Crippen LogP contribution in [0.25, 0.3) is 0 Å². The van der Waals surface area contributed by atoms with E-state index in [4.69, 9.17) is 0 Å². The Balaban J connectivity index is 1.61. The van der Waals surface area contributed by atoms with Gasteiger partial charge in [-0.05, 0) is 87.9 Å². The number of hydrogen-bond acceptors (Lipinski definition) is 8. The van der Waals surface area contributed by atoms with Crippen LogP contribution in [0, 0.1) is 28.6 Å². The van der Waals surface area contributed by atoms with Crippen molar-refractivity contribution in [3.8, 4) is 0 Å². The van der Waals surface area contributed by atoms with Crippen LogP contribution >= 0.6 is 0 Å². The predicted octanol–water partition coefficient (Wildman–Crippen LogP) is 5.10. The lowest BCUT2D eigenvalue weighted by Crippen LogP contribution is -2.65. The van der Waals surface area contributed by atoms with Crippen LogP contribution in [0.4, 0.5) is 4.79 Å². The Hall–Kier alpha value is -3.49. The first kappa shape index (κ1) is 49.2. The Bertz CT molecular complexity index is 1700. The molecule has 4 fully saturated rings. The van der Waals surface area contributed by atoms with Crippen molar-refractivity contribution in [1.29, 1.82) is 0 Å². The van der Waals surface area contributed by atoms with E-state index < -0.39 is 90.6 Å². The molecular weight excluding hydrogens is 785 g/mol. The number of nitrogens with one attached hydrogen (secondary N) is 5. The van der Waals surface area contributed by atoms with Crippen molar-refractivity contribution in [3.05, 3.63) is 12.7 Å². The fourth-order valence-electron chi connectivity index (χ4n) is 9.21. The van der Waals surface area contributed by atoms with Crippen LogP contribution in [0.3, 0.4) is 0 Å². The first-order chi connectivity index (χ1) is 27.8. The van der Waals surface area contributed by atoms with E-state index in [9.17, 15) is 37.2 Å². The van der Waals surface area contributed by atoms with Gasteiger partial charge in [-0.2, -0.15) is 0 Å². The summed E-state index contributed by atoms with van der Waals surface area (Å²) in [4.78, 5) is 85.5. The molecule has 0 aromatic carbocycles. The van der Waals surface area contributed by atoms with Crippen LogP contribution < -0.4 is 26.6 Å². The number of likely N-dealkylation sites (tertiary alicyclic amines) is 1. The number of amides is 6. The van der Waals surface area contributed by atoms with Gasteiger partial charge in [0, 0.05) is 13.1 Å². The predicted molar refractivity (Wildman–Crippen MR) is 233 cm³/mol. The second-order valence-corrected chi connectivity index (χ2v) is 23.9. The molecule has 0 aromatic rings. The largest absolute Gasteiger partial charge is 0.346 e. The van der Waals surface area contributed by atoms with Crippen LogP contribution in [0.2, 0.25) is 0 Å². The fraction of sp³-hybridized carbons (Fsp3) is 0.822. The summed E-state index contributed by atoms with van der Waals surface area (Å²) in [7, 11) is -3.60.